The van der Waals surface area contributed by atoms with Gasteiger partial charge in [-0.05, 0) is 46.0 Å². The molecule has 2 N–H and O–H groups in total. The summed E-state index contributed by atoms with van der Waals surface area (Å²) in [6, 6.07) is 6.05. The van der Waals surface area contributed by atoms with Crippen molar-refractivity contribution in [1.29, 1.82) is 0 Å². The second kappa shape index (κ2) is 5.21. The SMILES string of the molecule is CCN1c2cccc(C)c2C(=O)N[C@@]1(C)CCNC. The maximum absolute atomic E-state index is 12.4. The number of fused-ring (bicyclic) bond motifs is 1. The number of benzene rings is 1. The molecule has 2 rings (SSSR count). The Morgan fingerprint density at radius 2 is 2.16 bits per heavy atom. The van der Waals surface area contributed by atoms with Gasteiger partial charge in [0.25, 0.3) is 5.91 Å². The Hall–Kier alpha value is -1.55. The molecule has 0 saturated carbocycles. The average molecular weight is 261 g/mol. The number of rotatable bonds is 4. The fourth-order valence-corrected chi connectivity index (χ4v) is 2.90. The maximum atomic E-state index is 12.4. The van der Waals surface area contributed by atoms with Gasteiger partial charge in [0.15, 0.2) is 0 Å². The number of hydrogen-bond acceptors (Lipinski definition) is 3. The van der Waals surface area contributed by atoms with Crippen molar-refractivity contribution < 1.29 is 4.79 Å². The van der Waals surface area contributed by atoms with Gasteiger partial charge in [-0.3, -0.25) is 4.79 Å². The molecule has 104 valence electrons. The van der Waals surface area contributed by atoms with E-state index in [2.05, 4.69) is 29.4 Å². The summed E-state index contributed by atoms with van der Waals surface area (Å²) < 4.78 is 0. The Balaban J connectivity index is 2.46. The van der Waals surface area contributed by atoms with Crippen LogP contribution < -0.4 is 15.5 Å². The molecule has 1 atom stereocenters. The molecule has 0 unspecified atom stereocenters. The lowest BCUT2D eigenvalue weighted by Gasteiger charge is -2.47. The number of nitrogens with zero attached hydrogens (tertiary/aromatic N) is 1. The van der Waals surface area contributed by atoms with Gasteiger partial charge >= 0.3 is 0 Å². The van der Waals surface area contributed by atoms with Gasteiger partial charge in [-0.2, -0.15) is 0 Å². The van der Waals surface area contributed by atoms with E-state index in [0.29, 0.717) is 0 Å². The third-order valence-corrected chi connectivity index (χ3v) is 3.93. The van der Waals surface area contributed by atoms with Crippen LogP contribution in [0.4, 0.5) is 5.69 Å². The highest BCUT2D eigenvalue weighted by atomic mass is 16.2. The van der Waals surface area contributed by atoms with Gasteiger partial charge in [-0.25, -0.2) is 0 Å². The number of nitrogens with one attached hydrogen (secondary N) is 2. The second-order valence-electron chi connectivity index (χ2n) is 5.29. The standard InChI is InChI=1S/C15H23N3O/c1-5-18-12-8-6-7-11(2)13(12)14(19)17-15(18,3)9-10-16-4/h6-8,16H,5,9-10H2,1-4H3,(H,17,19)/t15-/m1/s1. The van der Waals surface area contributed by atoms with Crippen molar-refractivity contribution in [3.05, 3.63) is 29.3 Å². The Bertz CT molecular complexity index is 486. The van der Waals surface area contributed by atoms with Crippen LogP contribution in [0.2, 0.25) is 0 Å². The topological polar surface area (TPSA) is 44.4 Å². The number of aryl methyl sites for hydroxylation is 1. The van der Waals surface area contributed by atoms with Crippen LogP contribution in [0, 0.1) is 6.92 Å². The smallest absolute Gasteiger partial charge is 0.255 e. The van der Waals surface area contributed by atoms with Gasteiger partial charge < -0.3 is 15.5 Å². The van der Waals surface area contributed by atoms with Crippen LogP contribution in [0.5, 0.6) is 0 Å². The molecule has 1 aliphatic heterocycles. The van der Waals surface area contributed by atoms with Crippen LogP contribution >= 0.6 is 0 Å². The number of hydrogen-bond donors (Lipinski definition) is 2. The maximum Gasteiger partial charge on any atom is 0.255 e. The summed E-state index contributed by atoms with van der Waals surface area (Å²) in [5.41, 5.74) is 2.57. The molecule has 0 aromatic heterocycles. The lowest BCUT2D eigenvalue weighted by molar-refractivity contribution is 0.0883. The Morgan fingerprint density at radius 1 is 1.42 bits per heavy atom. The minimum absolute atomic E-state index is 0.0383. The predicted molar refractivity (Wildman–Crippen MR) is 78.6 cm³/mol. The molecular weight excluding hydrogens is 238 g/mol. The third kappa shape index (κ3) is 2.32. The van der Waals surface area contributed by atoms with E-state index in [-0.39, 0.29) is 11.6 Å². The van der Waals surface area contributed by atoms with E-state index in [9.17, 15) is 4.79 Å². The Labute approximate surface area is 115 Å². The highest BCUT2D eigenvalue weighted by Gasteiger charge is 2.39. The van der Waals surface area contributed by atoms with E-state index in [1.807, 2.05) is 32.2 Å². The Morgan fingerprint density at radius 3 is 2.79 bits per heavy atom. The van der Waals surface area contributed by atoms with Gasteiger partial charge in [0.1, 0.15) is 5.66 Å². The predicted octanol–water partition coefficient (Wildman–Crippen LogP) is 1.89. The summed E-state index contributed by atoms with van der Waals surface area (Å²) in [4.78, 5) is 14.7. The van der Waals surface area contributed by atoms with E-state index in [1.165, 1.54) is 0 Å². The van der Waals surface area contributed by atoms with Gasteiger partial charge in [-0.1, -0.05) is 12.1 Å². The van der Waals surface area contributed by atoms with Crippen LogP contribution in [-0.4, -0.2) is 31.7 Å². The summed E-state index contributed by atoms with van der Waals surface area (Å²) in [5, 5.41) is 6.33. The van der Waals surface area contributed by atoms with E-state index in [0.717, 1.165) is 36.3 Å². The van der Waals surface area contributed by atoms with Crippen molar-refractivity contribution in [2.45, 2.75) is 32.9 Å². The summed E-state index contributed by atoms with van der Waals surface area (Å²) in [6.45, 7) is 7.95. The summed E-state index contributed by atoms with van der Waals surface area (Å²) >= 11 is 0. The molecular formula is C15H23N3O. The fourth-order valence-electron chi connectivity index (χ4n) is 2.90. The average Bonchev–Trinajstić information content (AvgIpc) is 2.36. The highest BCUT2D eigenvalue weighted by Crippen LogP contribution is 2.34. The Kier molecular flexibility index (Phi) is 3.80. The van der Waals surface area contributed by atoms with Crippen molar-refractivity contribution >= 4 is 11.6 Å². The molecule has 0 radical (unpaired) electrons. The molecule has 4 nitrogen and oxygen atoms in total. The van der Waals surface area contributed by atoms with Crippen molar-refractivity contribution in [2.75, 3.05) is 25.0 Å². The van der Waals surface area contributed by atoms with Gasteiger partial charge in [0.2, 0.25) is 0 Å². The van der Waals surface area contributed by atoms with Crippen LogP contribution in [0.15, 0.2) is 18.2 Å². The largest absolute Gasteiger partial charge is 0.349 e. The van der Waals surface area contributed by atoms with Gasteiger partial charge in [0.05, 0.1) is 11.3 Å². The van der Waals surface area contributed by atoms with E-state index >= 15 is 0 Å². The van der Waals surface area contributed by atoms with Gasteiger partial charge in [0, 0.05) is 13.0 Å². The number of anilines is 1. The molecule has 1 aliphatic rings. The molecule has 0 bridgehead atoms. The molecule has 0 fully saturated rings. The molecule has 0 spiro atoms. The molecule has 1 aromatic carbocycles. The number of carbonyl (C=O) groups is 1. The summed E-state index contributed by atoms with van der Waals surface area (Å²) in [6.07, 6.45) is 0.871. The zero-order valence-corrected chi connectivity index (χ0v) is 12.2. The molecule has 19 heavy (non-hydrogen) atoms. The quantitative estimate of drug-likeness (QED) is 0.870. The first-order valence-corrected chi connectivity index (χ1v) is 6.88. The summed E-state index contributed by atoms with van der Waals surface area (Å²) in [5.74, 6) is 0.0383. The minimum atomic E-state index is -0.324. The summed E-state index contributed by atoms with van der Waals surface area (Å²) in [7, 11) is 1.93. The highest BCUT2D eigenvalue weighted by molar-refractivity contribution is 6.03. The van der Waals surface area contributed by atoms with Crippen LogP contribution in [0.25, 0.3) is 0 Å². The van der Waals surface area contributed by atoms with E-state index in [4.69, 9.17) is 0 Å². The second-order valence-corrected chi connectivity index (χ2v) is 5.29. The first kappa shape index (κ1) is 13.9. The minimum Gasteiger partial charge on any atom is -0.349 e. The molecule has 0 saturated heterocycles. The lowest BCUT2D eigenvalue weighted by Crippen LogP contribution is -2.63. The third-order valence-electron chi connectivity index (χ3n) is 3.93. The normalized spacial score (nSPS) is 22.1. The van der Waals surface area contributed by atoms with Crippen molar-refractivity contribution in [3.8, 4) is 0 Å². The zero-order chi connectivity index (χ0) is 14.0. The van der Waals surface area contributed by atoms with Gasteiger partial charge in [-0.15, -0.1) is 0 Å². The van der Waals surface area contributed by atoms with Crippen LogP contribution in [0.1, 0.15) is 36.2 Å². The number of amides is 1. The number of carbonyl (C=O) groups excluding carboxylic acids is 1. The fraction of sp³-hybridized carbons (Fsp3) is 0.533. The lowest BCUT2D eigenvalue weighted by atomic mass is 9.95. The molecule has 1 aromatic rings. The molecule has 1 heterocycles. The molecule has 4 heteroatoms. The van der Waals surface area contributed by atoms with E-state index in [1.54, 1.807) is 0 Å². The first-order chi connectivity index (χ1) is 9.03. The van der Waals surface area contributed by atoms with Crippen molar-refractivity contribution in [1.82, 2.24) is 10.6 Å². The van der Waals surface area contributed by atoms with Crippen LogP contribution in [-0.2, 0) is 0 Å². The van der Waals surface area contributed by atoms with E-state index < -0.39 is 0 Å². The van der Waals surface area contributed by atoms with Crippen LogP contribution in [0.3, 0.4) is 0 Å². The zero-order valence-electron chi connectivity index (χ0n) is 12.2. The van der Waals surface area contributed by atoms with Crippen molar-refractivity contribution in [2.24, 2.45) is 0 Å². The monoisotopic (exact) mass is 261 g/mol. The van der Waals surface area contributed by atoms with Crippen molar-refractivity contribution in [3.63, 3.8) is 0 Å². The molecule has 1 amide bonds. The molecule has 0 aliphatic carbocycles. The first-order valence-electron chi connectivity index (χ1n) is 6.88.